The number of benzene rings is 3. The Morgan fingerprint density at radius 1 is 1.03 bits per heavy atom. The number of aliphatic imine (C=N–C) groups is 1. The van der Waals surface area contributed by atoms with Gasteiger partial charge in [-0.15, -0.1) is 0 Å². The SMILES string of the molecule is CCOc1cc(/C=C2\SC(=Nc3ccc(C)cc3)NC2=O)cc(Cl)c1OS(=O)(=O)c1ccc(C)cc1. The molecule has 1 N–H and O–H groups in total. The minimum absolute atomic E-state index is 0.00257. The lowest BCUT2D eigenvalue weighted by Gasteiger charge is -2.14. The Kier molecular flexibility index (Phi) is 7.73. The van der Waals surface area contributed by atoms with Crippen LogP contribution in [0, 0.1) is 13.8 Å². The van der Waals surface area contributed by atoms with Crippen molar-refractivity contribution in [3.8, 4) is 11.5 Å². The van der Waals surface area contributed by atoms with E-state index in [2.05, 4.69) is 10.3 Å². The molecule has 186 valence electrons. The number of nitrogens with zero attached hydrogens (tertiary/aromatic N) is 1. The second kappa shape index (κ2) is 10.8. The summed E-state index contributed by atoms with van der Waals surface area (Å²) in [5, 5.41) is 3.23. The van der Waals surface area contributed by atoms with E-state index < -0.39 is 10.1 Å². The lowest BCUT2D eigenvalue weighted by molar-refractivity contribution is -0.115. The second-order valence-corrected chi connectivity index (χ2v) is 10.9. The predicted octanol–water partition coefficient (Wildman–Crippen LogP) is 6.01. The number of thioether (sulfide) groups is 1. The van der Waals surface area contributed by atoms with Crippen LogP contribution in [0.3, 0.4) is 0 Å². The highest BCUT2D eigenvalue weighted by atomic mass is 35.5. The quantitative estimate of drug-likeness (QED) is 0.290. The number of carbonyl (C=O) groups is 1. The highest BCUT2D eigenvalue weighted by Crippen LogP contribution is 2.40. The molecule has 1 fully saturated rings. The Morgan fingerprint density at radius 3 is 2.31 bits per heavy atom. The number of hydrogen-bond donors (Lipinski definition) is 1. The smallest absolute Gasteiger partial charge is 0.339 e. The monoisotopic (exact) mass is 542 g/mol. The van der Waals surface area contributed by atoms with Gasteiger partial charge in [-0.2, -0.15) is 8.42 Å². The molecule has 3 aromatic rings. The minimum atomic E-state index is -4.14. The summed E-state index contributed by atoms with van der Waals surface area (Å²) in [6.45, 7) is 5.85. The molecule has 4 rings (SSSR count). The third kappa shape index (κ3) is 6.10. The molecule has 1 aliphatic rings. The summed E-state index contributed by atoms with van der Waals surface area (Å²) in [5.74, 6) is -0.280. The molecule has 1 heterocycles. The van der Waals surface area contributed by atoms with Gasteiger partial charge < -0.3 is 14.2 Å². The third-order valence-electron chi connectivity index (χ3n) is 5.05. The molecule has 10 heteroatoms. The largest absolute Gasteiger partial charge is 0.490 e. The molecular weight excluding hydrogens is 520 g/mol. The Balaban J connectivity index is 1.62. The van der Waals surface area contributed by atoms with Crippen molar-refractivity contribution in [3.63, 3.8) is 0 Å². The van der Waals surface area contributed by atoms with Crippen molar-refractivity contribution in [2.45, 2.75) is 25.7 Å². The number of rotatable bonds is 7. The molecule has 0 aliphatic carbocycles. The average Bonchev–Trinajstić information content (AvgIpc) is 3.16. The van der Waals surface area contributed by atoms with Gasteiger partial charge in [0, 0.05) is 0 Å². The highest BCUT2D eigenvalue weighted by molar-refractivity contribution is 8.18. The van der Waals surface area contributed by atoms with Crippen molar-refractivity contribution >= 4 is 56.3 Å². The summed E-state index contributed by atoms with van der Waals surface area (Å²) >= 11 is 7.62. The highest BCUT2D eigenvalue weighted by Gasteiger charge is 2.26. The van der Waals surface area contributed by atoms with Gasteiger partial charge in [0.05, 0.1) is 22.2 Å². The number of amidine groups is 1. The van der Waals surface area contributed by atoms with E-state index in [-0.39, 0.29) is 33.9 Å². The Bertz CT molecular complexity index is 1470. The maximum atomic E-state index is 12.8. The van der Waals surface area contributed by atoms with Gasteiger partial charge in [0.25, 0.3) is 5.91 Å². The van der Waals surface area contributed by atoms with Crippen LogP contribution in [0.2, 0.25) is 5.02 Å². The van der Waals surface area contributed by atoms with Gasteiger partial charge in [-0.3, -0.25) is 4.79 Å². The maximum absolute atomic E-state index is 12.8. The molecule has 1 aliphatic heterocycles. The fourth-order valence-corrected chi connectivity index (χ4v) is 5.35. The molecule has 0 radical (unpaired) electrons. The molecule has 0 spiro atoms. The van der Waals surface area contributed by atoms with E-state index >= 15 is 0 Å². The van der Waals surface area contributed by atoms with E-state index in [9.17, 15) is 13.2 Å². The summed E-state index contributed by atoms with van der Waals surface area (Å²) in [6.07, 6.45) is 1.63. The summed E-state index contributed by atoms with van der Waals surface area (Å²) in [4.78, 5) is 17.4. The molecule has 7 nitrogen and oxygen atoms in total. The van der Waals surface area contributed by atoms with E-state index in [1.165, 1.54) is 30.0 Å². The number of amides is 1. The first-order valence-corrected chi connectivity index (χ1v) is 13.6. The van der Waals surface area contributed by atoms with Gasteiger partial charge in [0.1, 0.15) is 4.90 Å². The average molecular weight is 543 g/mol. The number of aryl methyl sites for hydroxylation is 2. The van der Waals surface area contributed by atoms with Crippen molar-refractivity contribution in [3.05, 3.63) is 87.3 Å². The van der Waals surface area contributed by atoms with Gasteiger partial charge in [-0.25, -0.2) is 4.99 Å². The van der Waals surface area contributed by atoms with Crippen molar-refractivity contribution in [1.82, 2.24) is 5.32 Å². The Morgan fingerprint density at radius 2 is 1.67 bits per heavy atom. The number of carbonyl (C=O) groups excluding carboxylic acids is 1. The van der Waals surface area contributed by atoms with Crippen molar-refractivity contribution in [2.75, 3.05) is 6.61 Å². The third-order valence-corrected chi connectivity index (χ3v) is 7.47. The van der Waals surface area contributed by atoms with Gasteiger partial charge in [-0.1, -0.05) is 47.0 Å². The van der Waals surface area contributed by atoms with E-state index in [0.717, 1.165) is 16.8 Å². The summed E-state index contributed by atoms with van der Waals surface area (Å²) < 4.78 is 36.6. The van der Waals surface area contributed by atoms with Crippen LogP contribution in [0.15, 0.2) is 75.5 Å². The molecule has 36 heavy (non-hydrogen) atoms. The molecule has 0 aromatic heterocycles. The predicted molar refractivity (Wildman–Crippen MR) is 144 cm³/mol. The van der Waals surface area contributed by atoms with Gasteiger partial charge in [0.2, 0.25) is 5.75 Å². The van der Waals surface area contributed by atoms with Crippen LogP contribution >= 0.6 is 23.4 Å². The molecule has 1 saturated heterocycles. The molecular formula is C26H23ClN2O5S2. The normalized spacial score (nSPS) is 15.8. The summed E-state index contributed by atoms with van der Waals surface area (Å²) in [7, 11) is -4.14. The summed E-state index contributed by atoms with van der Waals surface area (Å²) in [6, 6.07) is 17.0. The second-order valence-electron chi connectivity index (χ2n) is 7.93. The Labute approximate surface area is 219 Å². The molecule has 0 saturated carbocycles. The molecule has 0 unspecified atom stereocenters. The van der Waals surface area contributed by atoms with Crippen LogP contribution in [-0.2, 0) is 14.9 Å². The van der Waals surface area contributed by atoms with E-state index in [1.54, 1.807) is 31.2 Å². The van der Waals surface area contributed by atoms with Crippen LogP contribution in [0.1, 0.15) is 23.6 Å². The van der Waals surface area contributed by atoms with Crippen molar-refractivity contribution < 1.29 is 22.1 Å². The van der Waals surface area contributed by atoms with E-state index in [0.29, 0.717) is 15.6 Å². The first kappa shape index (κ1) is 25.8. The minimum Gasteiger partial charge on any atom is -0.490 e. The zero-order valence-corrected chi connectivity index (χ0v) is 22.1. The molecule has 0 atom stereocenters. The topological polar surface area (TPSA) is 94.1 Å². The number of nitrogens with one attached hydrogen (secondary N) is 1. The maximum Gasteiger partial charge on any atom is 0.339 e. The number of halogens is 1. The standard InChI is InChI=1S/C26H23ClN2O5S2/c1-4-33-22-14-18(13-21(27)24(22)34-36(31,32)20-11-7-17(3)8-12-20)15-23-25(30)29-26(35-23)28-19-9-5-16(2)6-10-19/h5-15H,4H2,1-3H3,(H,28,29,30)/b23-15-. The number of hydrogen-bond acceptors (Lipinski definition) is 7. The van der Waals surface area contributed by atoms with Crippen LogP contribution in [-0.4, -0.2) is 26.1 Å². The lowest BCUT2D eigenvalue weighted by Crippen LogP contribution is -2.19. The first-order chi connectivity index (χ1) is 17.1. The van der Waals surface area contributed by atoms with Crippen LogP contribution in [0.4, 0.5) is 5.69 Å². The van der Waals surface area contributed by atoms with E-state index in [4.69, 9.17) is 20.5 Å². The van der Waals surface area contributed by atoms with Crippen LogP contribution in [0.25, 0.3) is 6.08 Å². The van der Waals surface area contributed by atoms with Gasteiger partial charge >= 0.3 is 10.1 Å². The zero-order chi connectivity index (χ0) is 25.9. The van der Waals surface area contributed by atoms with Crippen LogP contribution in [0.5, 0.6) is 11.5 Å². The van der Waals surface area contributed by atoms with Gasteiger partial charge in [-0.05, 0) is 80.6 Å². The fraction of sp³-hybridized carbons (Fsp3) is 0.154. The summed E-state index contributed by atoms with van der Waals surface area (Å²) in [5.41, 5.74) is 3.30. The fourth-order valence-electron chi connectivity index (χ4n) is 3.25. The first-order valence-electron chi connectivity index (χ1n) is 11.0. The van der Waals surface area contributed by atoms with Crippen molar-refractivity contribution in [1.29, 1.82) is 0 Å². The molecule has 1 amide bonds. The van der Waals surface area contributed by atoms with Crippen LogP contribution < -0.4 is 14.2 Å². The lowest BCUT2D eigenvalue weighted by atomic mass is 10.2. The molecule has 0 bridgehead atoms. The number of ether oxygens (including phenoxy) is 1. The van der Waals surface area contributed by atoms with Gasteiger partial charge in [0.15, 0.2) is 10.9 Å². The Hall–Kier alpha value is -3.27. The zero-order valence-electron chi connectivity index (χ0n) is 19.7. The van der Waals surface area contributed by atoms with Crippen molar-refractivity contribution in [2.24, 2.45) is 4.99 Å². The van der Waals surface area contributed by atoms with E-state index in [1.807, 2.05) is 38.1 Å². The molecule has 3 aromatic carbocycles.